The number of amides is 1. The maximum Gasteiger partial charge on any atom is 0.222 e. The lowest BCUT2D eigenvalue weighted by atomic mass is 9.71. The first-order valence-electron chi connectivity index (χ1n) is 9.12. The molecule has 4 heteroatoms. The van der Waals surface area contributed by atoms with E-state index < -0.39 is 5.60 Å². The minimum absolute atomic E-state index is 0.264. The Morgan fingerprint density at radius 2 is 2.00 bits per heavy atom. The summed E-state index contributed by atoms with van der Waals surface area (Å²) in [7, 11) is 0. The minimum atomic E-state index is -0.492. The fourth-order valence-electron chi connectivity index (χ4n) is 4.40. The van der Waals surface area contributed by atoms with E-state index in [1.807, 2.05) is 4.90 Å². The van der Waals surface area contributed by atoms with E-state index in [2.05, 4.69) is 30.5 Å². The van der Waals surface area contributed by atoms with Crippen molar-refractivity contribution < 1.29 is 9.90 Å². The van der Waals surface area contributed by atoms with Crippen molar-refractivity contribution in [2.24, 2.45) is 5.92 Å². The maximum absolute atomic E-state index is 12.5. The Labute approximate surface area is 139 Å². The lowest BCUT2D eigenvalue weighted by Crippen LogP contribution is -2.54. The molecule has 2 atom stereocenters. The molecule has 128 valence electrons. The number of nitrogens with zero attached hydrogens (tertiary/aromatic N) is 2. The third-order valence-electron chi connectivity index (χ3n) is 5.97. The van der Waals surface area contributed by atoms with Crippen LogP contribution in [0.4, 0.5) is 0 Å². The second-order valence-corrected chi connectivity index (χ2v) is 7.51. The summed E-state index contributed by atoms with van der Waals surface area (Å²) in [6.45, 7) is 6.63. The fourth-order valence-corrected chi connectivity index (χ4v) is 4.40. The van der Waals surface area contributed by atoms with Gasteiger partial charge in [-0.1, -0.05) is 12.8 Å². The molecule has 0 aromatic carbocycles. The van der Waals surface area contributed by atoms with Gasteiger partial charge in [-0.25, -0.2) is 0 Å². The van der Waals surface area contributed by atoms with Gasteiger partial charge in [-0.05, 0) is 51.7 Å². The third kappa shape index (κ3) is 3.47. The Bertz CT molecular complexity index is 546. The number of rotatable bonds is 4. The highest BCUT2D eigenvalue weighted by Crippen LogP contribution is 2.39. The van der Waals surface area contributed by atoms with Gasteiger partial charge in [-0.3, -0.25) is 4.79 Å². The molecule has 2 heterocycles. The number of hydrogen-bond acceptors (Lipinski definition) is 2. The normalized spacial score (nSPS) is 27.8. The summed E-state index contributed by atoms with van der Waals surface area (Å²) in [5, 5.41) is 10.7. The highest BCUT2D eigenvalue weighted by atomic mass is 16.3. The zero-order valence-electron chi connectivity index (χ0n) is 14.6. The predicted molar refractivity (Wildman–Crippen MR) is 91.2 cm³/mol. The molecular formula is C19H30N2O2. The van der Waals surface area contributed by atoms with Crippen molar-refractivity contribution >= 4 is 5.91 Å². The summed E-state index contributed by atoms with van der Waals surface area (Å²) >= 11 is 0. The van der Waals surface area contributed by atoms with Crippen LogP contribution in [0, 0.1) is 19.8 Å². The van der Waals surface area contributed by atoms with Crippen LogP contribution in [0.5, 0.6) is 0 Å². The Balaban J connectivity index is 1.49. The summed E-state index contributed by atoms with van der Waals surface area (Å²) in [6, 6.07) is 4.26. The standard InChI is InChI=1S/C19H30N2O2/c1-15-8-9-16(2)21(15)12-5-7-18(22)20-13-11-19(23)10-4-3-6-17(19)14-20/h8-9,17,23H,3-7,10-14H2,1-2H3. The summed E-state index contributed by atoms with van der Waals surface area (Å²) in [5.41, 5.74) is 2.04. The Hall–Kier alpha value is -1.29. The molecular weight excluding hydrogens is 288 g/mol. The van der Waals surface area contributed by atoms with Crippen LogP contribution in [0.1, 0.15) is 56.3 Å². The van der Waals surface area contributed by atoms with Gasteiger partial charge in [-0.15, -0.1) is 0 Å². The van der Waals surface area contributed by atoms with E-state index in [9.17, 15) is 9.90 Å². The van der Waals surface area contributed by atoms with Crippen LogP contribution in [-0.2, 0) is 11.3 Å². The van der Waals surface area contributed by atoms with Crippen molar-refractivity contribution in [1.29, 1.82) is 0 Å². The Kier molecular flexibility index (Phi) is 4.81. The van der Waals surface area contributed by atoms with Crippen molar-refractivity contribution in [3.8, 4) is 0 Å². The zero-order chi connectivity index (χ0) is 16.4. The van der Waals surface area contributed by atoms with E-state index >= 15 is 0 Å². The van der Waals surface area contributed by atoms with E-state index in [1.54, 1.807) is 0 Å². The van der Waals surface area contributed by atoms with Crippen molar-refractivity contribution in [3.63, 3.8) is 0 Å². The van der Waals surface area contributed by atoms with Gasteiger partial charge in [0.05, 0.1) is 5.60 Å². The van der Waals surface area contributed by atoms with Gasteiger partial charge in [0.25, 0.3) is 0 Å². The number of aromatic nitrogens is 1. The average molecular weight is 318 g/mol. The number of aryl methyl sites for hydroxylation is 2. The summed E-state index contributed by atoms with van der Waals surface area (Å²) in [6.07, 6.45) is 6.59. The SMILES string of the molecule is Cc1ccc(C)n1CCCC(=O)N1CCC2(O)CCCCC2C1. The molecule has 0 radical (unpaired) electrons. The number of carbonyl (C=O) groups excluding carboxylic acids is 1. The lowest BCUT2D eigenvalue weighted by Gasteiger charge is -2.47. The highest BCUT2D eigenvalue weighted by molar-refractivity contribution is 5.76. The van der Waals surface area contributed by atoms with E-state index in [-0.39, 0.29) is 5.91 Å². The monoisotopic (exact) mass is 318 g/mol. The van der Waals surface area contributed by atoms with Crippen molar-refractivity contribution in [3.05, 3.63) is 23.5 Å². The first kappa shape index (κ1) is 16.6. The topological polar surface area (TPSA) is 45.5 Å². The molecule has 2 fully saturated rings. The fraction of sp³-hybridized carbons (Fsp3) is 0.737. The highest BCUT2D eigenvalue weighted by Gasteiger charge is 2.43. The number of hydrogen-bond donors (Lipinski definition) is 1. The minimum Gasteiger partial charge on any atom is -0.389 e. The molecule has 2 aliphatic rings. The van der Waals surface area contributed by atoms with Gasteiger partial charge in [0.15, 0.2) is 0 Å². The van der Waals surface area contributed by atoms with Gasteiger partial charge < -0.3 is 14.6 Å². The molecule has 0 bridgehead atoms. The Morgan fingerprint density at radius 3 is 2.74 bits per heavy atom. The van der Waals surface area contributed by atoms with E-state index in [0.29, 0.717) is 12.3 Å². The van der Waals surface area contributed by atoms with E-state index in [4.69, 9.17) is 0 Å². The number of aliphatic hydroxyl groups is 1. The molecule has 4 nitrogen and oxygen atoms in total. The summed E-state index contributed by atoms with van der Waals surface area (Å²) in [5.74, 6) is 0.558. The molecule has 1 saturated carbocycles. The van der Waals surface area contributed by atoms with Crippen LogP contribution in [0.25, 0.3) is 0 Å². The molecule has 1 saturated heterocycles. The van der Waals surface area contributed by atoms with Crippen LogP contribution >= 0.6 is 0 Å². The van der Waals surface area contributed by atoms with Gasteiger partial charge in [-0.2, -0.15) is 0 Å². The smallest absolute Gasteiger partial charge is 0.222 e. The molecule has 0 spiro atoms. The Morgan fingerprint density at radius 1 is 1.26 bits per heavy atom. The van der Waals surface area contributed by atoms with Crippen LogP contribution in [-0.4, -0.2) is 39.2 Å². The van der Waals surface area contributed by atoms with Crippen molar-refractivity contribution in [2.75, 3.05) is 13.1 Å². The average Bonchev–Trinajstić information content (AvgIpc) is 2.85. The van der Waals surface area contributed by atoms with Crippen molar-refractivity contribution in [2.45, 2.75) is 70.9 Å². The number of carbonyl (C=O) groups is 1. The molecule has 1 amide bonds. The molecule has 2 unspecified atom stereocenters. The largest absolute Gasteiger partial charge is 0.389 e. The first-order valence-corrected chi connectivity index (χ1v) is 9.12. The van der Waals surface area contributed by atoms with E-state index in [1.165, 1.54) is 17.8 Å². The van der Waals surface area contributed by atoms with Crippen molar-refractivity contribution in [1.82, 2.24) is 9.47 Å². The molecule has 1 N–H and O–H groups in total. The molecule has 3 rings (SSSR count). The first-order chi connectivity index (χ1) is 11.0. The van der Waals surface area contributed by atoms with Crippen LogP contribution in [0.15, 0.2) is 12.1 Å². The number of fused-ring (bicyclic) bond motifs is 1. The van der Waals surface area contributed by atoms with Crippen LogP contribution in [0.2, 0.25) is 0 Å². The summed E-state index contributed by atoms with van der Waals surface area (Å²) < 4.78 is 2.28. The van der Waals surface area contributed by atoms with Crippen LogP contribution in [0.3, 0.4) is 0 Å². The number of likely N-dealkylation sites (tertiary alicyclic amines) is 1. The maximum atomic E-state index is 12.5. The second kappa shape index (κ2) is 6.68. The second-order valence-electron chi connectivity index (χ2n) is 7.51. The molecule has 23 heavy (non-hydrogen) atoms. The van der Waals surface area contributed by atoms with Gasteiger partial charge in [0, 0.05) is 43.4 Å². The van der Waals surface area contributed by atoms with Crippen LogP contribution < -0.4 is 0 Å². The third-order valence-corrected chi connectivity index (χ3v) is 5.97. The zero-order valence-corrected chi connectivity index (χ0v) is 14.6. The lowest BCUT2D eigenvalue weighted by molar-refractivity contribution is -0.143. The van der Waals surface area contributed by atoms with Gasteiger partial charge in [0.2, 0.25) is 5.91 Å². The quantitative estimate of drug-likeness (QED) is 0.927. The molecule has 1 aliphatic carbocycles. The number of piperidine rings is 1. The van der Waals surface area contributed by atoms with E-state index in [0.717, 1.165) is 51.7 Å². The molecule has 1 aromatic heterocycles. The summed E-state index contributed by atoms with van der Waals surface area (Å²) in [4.78, 5) is 14.5. The van der Waals surface area contributed by atoms with Gasteiger partial charge in [0.1, 0.15) is 0 Å². The van der Waals surface area contributed by atoms with Gasteiger partial charge >= 0.3 is 0 Å². The predicted octanol–water partition coefficient (Wildman–Crippen LogP) is 3.04. The molecule has 1 aliphatic heterocycles. The molecule has 1 aromatic rings.